The van der Waals surface area contributed by atoms with Gasteiger partial charge in [0.1, 0.15) is 5.75 Å². The molecule has 0 fully saturated rings. The molecule has 98 valence electrons. The van der Waals surface area contributed by atoms with Crippen LogP contribution in [0.3, 0.4) is 0 Å². The Morgan fingerprint density at radius 2 is 1.90 bits per heavy atom. The largest absolute Gasteiger partial charge is 0.438 e. The molecule has 3 aromatic rings. The van der Waals surface area contributed by atoms with Crippen LogP contribution in [0.1, 0.15) is 10.4 Å². The molecule has 3 rings (SSSR count). The quantitative estimate of drug-likeness (QED) is 0.660. The van der Waals surface area contributed by atoms with Crippen LogP contribution in [0.5, 0.6) is 11.6 Å². The zero-order valence-electron chi connectivity index (χ0n) is 10.4. The first-order chi connectivity index (χ1) is 9.78. The van der Waals surface area contributed by atoms with Crippen LogP contribution in [-0.4, -0.2) is 11.3 Å². The smallest absolute Gasteiger partial charge is 0.219 e. The summed E-state index contributed by atoms with van der Waals surface area (Å²) in [7, 11) is 0. The molecule has 0 spiro atoms. The number of aromatic nitrogens is 1. The number of carbonyl (C=O) groups excluding carboxylic acids is 1. The highest BCUT2D eigenvalue weighted by molar-refractivity contribution is 9.10. The molecule has 0 aliphatic rings. The zero-order valence-corrected chi connectivity index (χ0v) is 12.0. The number of hydrogen-bond acceptors (Lipinski definition) is 3. The number of nitrogens with zero attached hydrogens (tertiary/aromatic N) is 1. The standard InChI is InChI=1S/C16H10BrNO2/c17-16-13-4-2-1-3-12(13)6-7-14(16)20-15-8-5-11(10-19)9-18-15/h1-10H. The van der Waals surface area contributed by atoms with Crippen molar-refractivity contribution < 1.29 is 9.53 Å². The Kier molecular flexibility index (Phi) is 3.48. The van der Waals surface area contributed by atoms with Crippen LogP contribution < -0.4 is 4.74 Å². The van der Waals surface area contributed by atoms with E-state index in [2.05, 4.69) is 20.9 Å². The number of carbonyl (C=O) groups is 1. The van der Waals surface area contributed by atoms with E-state index in [4.69, 9.17) is 4.74 Å². The van der Waals surface area contributed by atoms with E-state index >= 15 is 0 Å². The molecular weight excluding hydrogens is 318 g/mol. The maximum absolute atomic E-state index is 10.6. The van der Waals surface area contributed by atoms with Crippen LogP contribution in [0, 0.1) is 0 Å². The lowest BCUT2D eigenvalue weighted by atomic mass is 10.1. The van der Waals surface area contributed by atoms with Crippen molar-refractivity contribution >= 4 is 33.0 Å². The Labute approximate surface area is 124 Å². The monoisotopic (exact) mass is 327 g/mol. The van der Waals surface area contributed by atoms with Crippen LogP contribution in [0.4, 0.5) is 0 Å². The van der Waals surface area contributed by atoms with E-state index in [1.54, 1.807) is 12.1 Å². The van der Waals surface area contributed by atoms with Gasteiger partial charge in [-0.25, -0.2) is 4.98 Å². The number of hydrogen-bond donors (Lipinski definition) is 0. The van der Waals surface area contributed by atoms with Gasteiger partial charge in [0, 0.05) is 17.8 Å². The van der Waals surface area contributed by atoms with Crippen molar-refractivity contribution in [1.29, 1.82) is 0 Å². The average molecular weight is 328 g/mol. The van der Waals surface area contributed by atoms with Crippen molar-refractivity contribution in [2.45, 2.75) is 0 Å². The highest BCUT2D eigenvalue weighted by atomic mass is 79.9. The third-order valence-corrected chi connectivity index (χ3v) is 3.76. The topological polar surface area (TPSA) is 39.2 Å². The molecule has 0 saturated carbocycles. The van der Waals surface area contributed by atoms with E-state index in [-0.39, 0.29) is 0 Å². The SMILES string of the molecule is O=Cc1ccc(Oc2ccc3ccccc3c2Br)nc1. The van der Waals surface area contributed by atoms with E-state index < -0.39 is 0 Å². The van der Waals surface area contributed by atoms with Gasteiger partial charge in [0.2, 0.25) is 5.88 Å². The number of fused-ring (bicyclic) bond motifs is 1. The van der Waals surface area contributed by atoms with Gasteiger partial charge in [-0.05, 0) is 38.8 Å². The molecular formula is C16H10BrNO2. The van der Waals surface area contributed by atoms with Gasteiger partial charge < -0.3 is 4.74 Å². The minimum Gasteiger partial charge on any atom is -0.438 e. The summed E-state index contributed by atoms with van der Waals surface area (Å²) in [6.07, 6.45) is 2.24. The third-order valence-electron chi connectivity index (χ3n) is 2.94. The fraction of sp³-hybridized carbons (Fsp3) is 0. The molecule has 0 atom stereocenters. The first-order valence-electron chi connectivity index (χ1n) is 6.04. The predicted octanol–water partition coefficient (Wildman–Crippen LogP) is 4.60. The molecule has 1 heterocycles. The van der Waals surface area contributed by atoms with E-state index in [0.717, 1.165) is 21.5 Å². The molecule has 0 bridgehead atoms. The molecule has 0 aliphatic carbocycles. The van der Waals surface area contributed by atoms with Crippen molar-refractivity contribution in [2.75, 3.05) is 0 Å². The Morgan fingerprint density at radius 1 is 1.05 bits per heavy atom. The highest BCUT2D eigenvalue weighted by Crippen LogP contribution is 2.35. The number of rotatable bonds is 3. The van der Waals surface area contributed by atoms with Crippen molar-refractivity contribution in [2.24, 2.45) is 0 Å². The van der Waals surface area contributed by atoms with Crippen molar-refractivity contribution in [3.63, 3.8) is 0 Å². The van der Waals surface area contributed by atoms with E-state index in [1.165, 1.54) is 6.20 Å². The summed E-state index contributed by atoms with van der Waals surface area (Å²) in [6, 6.07) is 15.3. The van der Waals surface area contributed by atoms with Gasteiger partial charge in [0.05, 0.1) is 4.47 Å². The summed E-state index contributed by atoms with van der Waals surface area (Å²) in [6.45, 7) is 0. The van der Waals surface area contributed by atoms with Gasteiger partial charge in [-0.3, -0.25) is 4.79 Å². The maximum atomic E-state index is 10.6. The third kappa shape index (κ3) is 2.42. The lowest BCUT2D eigenvalue weighted by Crippen LogP contribution is -1.90. The number of benzene rings is 2. The van der Waals surface area contributed by atoms with Gasteiger partial charge in [-0.1, -0.05) is 30.3 Å². The molecule has 3 nitrogen and oxygen atoms in total. The van der Waals surface area contributed by atoms with Crippen molar-refractivity contribution in [3.05, 3.63) is 64.8 Å². The van der Waals surface area contributed by atoms with Crippen LogP contribution in [-0.2, 0) is 0 Å². The summed E-state index contributed by atoms with van der Waals surface area (Å²) in [5.41, 5.74) is 0.523. The average Bonchev–Trinajstić information content (AvgIpc) is 2.51. The summed E-state index contributed by atoms with van der Waals surface area (Å²) in [5, 5.41) is 2.21. The summed E-state index contributed by atoms with van der Waals surface area (Å²) in [5.74, 6) is 1.14. The molecule has 0 amide bonds. The van der Waals surface area contributed by atoms with Crippen LogP contribution in [0.25, 0.3) is 10.8 Å². The van der Waals surface area contributed by atoms with Gasteiger partial charge in [0.15, 0.2) is 6.29 Å². The first kappa shape index (κ1) is 12.8. The fourth-order valence-electron chi connectivity index (χ4n) is 1.93. The Bertz CT molecular complexity index is 769. The Hall–Kier alpha value is -2.20. The molecule has 1 aromatic heterocycles. The fourth-order valence-corrected chi connectivity index (χ4v) is 2.50. The van der Waals surface area contributed by atoms with Crippen LogP contribution in [0.15, 0.2) is 59.2 Å². The molecule has 0 unspecified atom stereocenters. The lowest BCUT2D eigenvalue weighted by Gasteiger charge is -2.09. The minimum atomic E-state index is 0.451. The van der Waals surface area contributed by atoms with Gasteiger partial charge >= 0.3 is 0 Å². The molecule has 0 N–H and O–H groups in total. The summed E-state index contributed by atoms with van der Waals surface area (Å²) in [4.78, 5) is 14.7. The number of ether oxygens (including phenoxy) is 1. The second kappa shape index (κ2) is 5.43. The van der Waals surface area contributed by atoms with Crippen LogP contribution >= 0.6 is 15.9 Å². The van der Waals surface area contributed by atoms with Gasteiger partial charge in [-0.2, -0.15) is 0 Å². The van der Waals surface area contributed by atoms with E-state index in [0.29, 0.717) is 17.2 Å². The van der Waals surface area contributed by atoms with E-state index in [9.17, 15) is 4.79 Å². The van der Waals surface area contributed by atoms with Crippen LogP contribution in [0.2, 0.25) is 0 Å². The summed E-state index contributed by atoms with van der Waals surface area (Å²) >= 11 is 3.56. The highest BCUT2D eigenvalue weighted by Gasteiger charge is 2.07. The molecule has 0 radical (unpaired) electrons. The predicted molar refractivity (Wildman–Crippen MR) is 81.3 cm³/mol. The maximum Gasteiger partial charge on any atom is 0.219 e. The second-order valence-electron chi connectivity index (χ2n) is 4.25. The molecule has 4 heteroatoms. The second-order valence-corrected chi connectivity index (χ2v) is 5.04. The molecule has 20 heavy (non-hydrogen) atoms. The van der Waals surface area contributed by atoms with Gasteiger partial charge in [0.25, 0.3) is 0 Å². The number of aldehydes is 1. The number of pyridine rings is 1. The molecule has 0 aliphatic heterocycles. The Morgan fingerprint density at radius 3 is 2.65 bits per heavy atom. The minimum absolute atomic E-state index is 0.451. The van der Waals surface area contributed by atoms with Crippen molar-refractivity contribution in [1.82, 2.24) is 4.98 Å². The normalized spacial score (nSPS) is 10.4. The molecule has 2 aromatic carbocycles. The van der Waals surface area contributed by atoms with E-state index in [1.807, 2.05) is 36.4 Å². The van der Waals surface area contributed by atoms with Crippen molar-refractivity contribution in [3.8, 4) is 11.6 Å². The number of halogens is 1. The summed E-state index contributed by atoms with van der Waals surface area (Å²) < 4.78 is 6.63. The first-order valence-corrected chi connectivity index (χ1v) is 6.83. The Balaban J connectivity index is 1.97. The lowest BCUT2D eigenvalue weighted by molar-refractivity contribution is 0.112. The molecule has 0 saturated heterocycles. The zero-order chi connectivity index (χ0) is 13.9. The van der Waals surface area contributed by atoms with Gasteiger partial charge in [-0.15, -0.1) is 0 Å².